The van der Waals surface area contributed by atoms with E-state index in [-0.39, 0.29) is 17.9 Å². The highest BCUT2D eigenvalue weighted by Crippen LogP contribution is 2.49. The third kappa shape index (κ3) is 3.36. The van der Waals surface area contributed by atoms with Crippen molar-refractivity contribution in [1.82, 2.24) is 25.2 Å². The number of rotatable bonds is 4. The van der Waals surface area contributed by atoms with E-state index in [0.717, 1.165) is 48.0 Å². The van der Waals surface area contributed by atoms with Crippen molar-refractivity contribution in [1.29, 1.82) is 0 Å². The molecule has 31 heavy (non-hydrogen) atoms. The number of anilines is 1. The highest BCUT2D eigenvalue weighted by molar-refractivity contribution is 6.30. The number of H-pyrrole nitrogens is 1. The molecule has 2 aromatic heterocycles. The summed E-state index contributed by atoms with van der Waals surface area (Å²) >= 11 is 6.12. The van der Waals surface area contributed by atoms with Crippen molar-refractivity contribution in [3.63, 3.8) is 0 Å². The topological polar surface area (TPSA) is 77.2 Å². The zero-order chi connectivity index (χ0) is 20.9. The predicted molar refractivity (Wildman–Crippen MR) is 120 cm³/mol. The largest absolute Gasteiger partial charge is 0.352 e. The molecule has 3 aromatic rings. The maximum Gasteiger partial charge on any atom is 0.231 e. The number of fused-ring (bicyclic) bond motifs is 2. The van der Waals surface area contributed by atoms with Crippen LogP contribution in [0.15, 0.2) is 42.9 Å². The molecular weight excluding hydrogens is 412 g/mol. The first-order chi connectivity index (χ1) is 15.2. The molecule has 1 aliphatic carbocycles. The Morgan fingerprint density at radius 3 is 2.61 bits per heavy atom. The Morgan fingerprint density at radius 1 is 1.10 bits per heavy atom. The van der Waals surface area contributed by atoms with Crippen molar-refractivity contribution in [3.8, 4) is 0 Å². The van der Waals surface area contributed by atoms with Crippen LogP contribution in [0.4, 0.5) is 5.82 Å². The van der Waals surface area contributed by atoms with Gasteiger partial charge in [0, 0.05) is 43.4 Å². The Kier molecular flexibility index (Phi) is 4.61. The van der Waals surface area contributed by atoms with Gasteiger partial charge in [-0.05, 0) is 48.6 Å². The number of hydrogen-bond acceptors (Lipinski definition) is 5. The fourth-order valence-electron chi connectivity index (χ4n) is 5.37. The SMILES string of the molecule is O=C([C@@H](c1ccc(Cl)cc1)[C@H]1NCC2C[C@@H]21)N1CCN(c2ncnc3[nH]ccc23)CC1. The summed E-state index contributed by atoms with van der Waals surface area (Å²) in [4.78, 5) is 30.0. The van der Waals surface area contributed by atoms with Gasteiger partial charge in [-0.3, -0.25) is 4.79 Å². The van der Waals surface area contributed by atoms with E-state index in [0.29, 0.717) is 24.0 Å². The summed E-state index contributed by atoms with van der Waals surface area (Å²) < 4.78 is 0. The maximum absolute atomic E-state index is 13.8. The van der Waals surface area contributed by atoms with Gasteiger partial charge in [0.15, 0.2) is 0 Å². The first-order valence-electron chi connectivity index (χ1n) is 11.0. The third-order valence-electron chi connectivity index (χ3n) is 7.13. The monoisotopic (exact) mass is 436 g/mol. The first kappa shape index (κ1) is 19.1. The minimum absolute atomic E-state index is 0.156. The lowest BCUT2D eigenvalue weighted by Crippen LogP contribution is -2.52. The Bertz CT molecular complexity index is 1110. The van der Waals surface area contributed by atoms with Gasteiger partial charge < -0.3 is 20.1 Å². The van der Waals surface area contributed by atoms with E-state index < -0.39 is 0 Å². The molecule has 0 radical (unpaired) electrons. The number of nitrogens with zero attached hydrogens (tertiary/aromatic N) is 4. The van der Waals surface area contributed by atoms with Crippen molar-refractivity contribution < 1.29 is 4.79 Å². The predicted octanol–water partition coefficient (Wildman–Crippen LogP) is 2.65. The van der Waals surface area contributed by atoms with Gasteiger partial charge in [-0.1, -0.05) is 23.7 Å². The van der Waals surface area contributed by atoms with Gasteiger partial charge in [-0.15, -0.1) is 0 Å². The highest BCUT2D eigenvalue weighted by atomic mass is 35.5. The molecule has 0 bridgehead atoms. The summed E-state index contributed by atoms with van der Waals surface area (Å²) in [6.07, 6.45) is 4.72. The number of carbonyl (C=O) groups excluding carboxylic acids is 1. The van der Waals surface area contributed by atoms with Crippen LogP contribution in [0.5, 0.6) is 0 Å². The van der Waals surface area contributed by atoms with Crippen molar-refractivity contribution in [2.45, 2.75) is 18.4 Å². The highest BCUT2D eigenvalue weighted by Gasteiger charge is 2.53. The number of aromatic amines is 1. The maximum atomic E-state index is 13.8. The fraction of sp³-hybridized carbons (Fsp3) is 0.435. The summed E-state index contributed by atoms with van der Waals surface area (Å²) in [5.41, 5.74) is 1.91. The average molecular weight is 437 g/mol. The Hall–Kier alpha value is -2.64. The van der Waals surface area contributed by atoms with Crippen LogP contribution in [0.3, 0.4) is 0 Å². The number of piperidine rings is 1. The lowest BCUT2D eigenvalue weighted by molar-refractivity contribution is -0.134. The first-order valence-corrected chi connectivity index (χ1v) is 11.4. The second-order valence-corrected chi connectivity index (χ2v) is 9.31. The zero-order valence-electron chi connectivity index (χ0n) is 17.2. The minimum Gasteiger partial charge on any atom is -0.352 e. The molecule has 3 aliphatic rings. The van der Waals surface area contributed by atoms with E-state index in [2.05, 4.69) is 25.2 Å². The minimum atomic E-state index is -0.156. The van der Waals surface area contributed by atoms with Crippen LogP contribution < -0.4 is 10.2 Å². The molecule has 4 atom stereocenters. The third-order valence-corrected chi connectivity index (χ3v) is 7.38. The molecule has 1 aromatic carbocycles. The number of nitrogens with one attached hydrogen (secondary N) is 2. The lowest BCUT2D eigenvalue weighted by atomic mass is 9.87. The molecule has 7 nitrogen and oxygen atoms in total. The van der Waals surface area contributed by atoms with Crippen LogP contribution in [-0.4, -0.2) is 64.5 Å². The summed E-state index contributed by atoms with van der Waals surface area (Å²) in [5.74, 6) is 2.36. The van der Waals surface area contributed by atoms with Crippen molar-refractivity contribution >= 4 is 34.4 Å². The van der Waals surface area contributed by atoms with Gasteiger partial charge in [-0.25, -0.2) is 9.97 Å². The number of benzene rings is 1. The molecule has 3 fully saturated rings. The second kappa shape index (κ2) is 7.50. The molecule has 2 saturated heterocycles. The van der Waals surface area contributed by atoms with E-state index in [1.807, 2.05) is 41.4 Å². The number of amides is 1. The van der Waals surface area contributed by atoms with Crippen LogP contribution >= 0.6 is 11.6 Å². The molecule has 1 amide bonds. The van der Waals surface area contributed by atoms with E-state index in [1.165, 1.54) is 6.42 Å². The van der Waals surface area contributed by atoms with Gasteiger partial charge in [-0.2, -0.15) is 0 Å². The smallest absolute Gasteiger partial charge is 0.231 e. The molecule has 2 N–H and O–H groups in total. The molecule has 0 spiro atoms. The van der Waals surface area contributed by atoms with Crippen molar-refractivity contribution in [2.75, 3.05) is 37.6 Å². The van der Waals surface area contributed by atoms with E-state index in [1.54, 1.807) is 6.33 Å². The number of aromatic nitrogens is 3. The number of hydrogen-bond donors (Lipinski definition) is 2. The summed E-state index contributed by atoms with van der Waals surface area (Å²) in [6.45, 7) is 3.95. The van der Waals surface area contributed by atoms with Crippen molar-refractivity contribution in [2.24, 2.45) is 11.8 Å². The summed E-state index contributed by atoms with van der Waals surface area (Å²) in [6, 6.07) is 10.1. The standard InChI is InChI=1S/C23H25ClN6O/c24-16-3-1-14(2-4-16)19(20-18-11-15(18)12-26-20)23(31)30-9-7-29(8-10-30)22-17-5-6-25-21(17)27-13-28-22/h1-6,13,15,18-20,26H,7-12H2,(H,25,27,28)/t15?,18-,19-,20-/m0/s1. The number of carbonyl (C=O) groups is 1. The lowest BCUT2D eigenvalue weighted by Gasteiger charge is -2.38. The zero-order valence-corrected chi connectivity index (χ0v) is 17.9. The van der Waals surface area contributed by atoms with Gasteiger partial charge in [0.05, 0.1) is 11.3 Å². The Morgan fingerprint density at radius 2 is 1.90 bits per heavy atom. The molecule has 8 heteroatoms. The average Bonchev–Trinajstić information content (AvgIpc) is 3.21. The molecule has 160 valence electrons. The van der Waals surface area contributed by atoms with E-state index >= 15 is 0 Å². The van der Waals surface area contributed by atoms with Crippen LogP contribution in [0.25, 0.3) is 11.0 Å². The molecule has 1 saturated carbocycles. The van der Waals surface area contributed by atoms with Gasteiger partial charge in [0.1, 0.15) is 17.8 Å². The number of halogens is 1. The molecule has 6 rings (SSSR count). The van der Waals surface area contributed by atoms with Gasteiger partial charge in [0.25, 0.3) is 0 Å². The molecule has 1 unspecified atom stereocenters. The molecular formula is C23H25ClN6O. The summed E-state index contributed by atoms with van der Waals surface area (Å²) in [7, 11) is 0. The quantitative estimate of drug-likeness (QED) is 0.657. The van der Waals surface area contributed by atoms with Crippen LogP contribution in [0, 0.1) is 11.8 Å². The summed E-state index contributed by atoms with van der Waals surface area (Å²) in [5, 5.41) is 5.36. The number of piperazine rings is 1. The van der Waals surface area contributed by atoms with Crippen LogP contribution in [-0.2, 0) is 4.79 Å². The van der Waals surface area contributed by atoms with Gasteiger partial charge >= 0.3 is 0 Å². The van der Waals surface area contributed by atoms with E-state index in [4.69, 9.17) is 11.6 Å². The normalized spacial score (nSPS) is 26.2. The Balaban J connectivity index is 1.21. The van der Waals surface area contributed by atoms with Crippen LogP contribution in [0.1, 0.15) is 17.9 Å². The fourth-order valence-corrected chi connectivity index (χ4v) is 5.50. The van der Waals surface area contributed by atoms with Crippen LogP contribution in [0.2, 0.25) is 5.02 Å². The molecule has 4 heterocycles. The molecule has 2 aliphatic heterocycles. The van der Waals surface area contributed by atoms with Crippen molar-refractivity contribution in [3.05, 3.63) is 53.4 Å². The Labute approximate surface area is 185 Å². The van der Waals surface area contributed by atoms with E-state index in [9.17, 15) is 4.79 Å². The second-order valence-electron chi connectivity index (χ2n) is 8.87. The van der Waals surface area contributed by atoms with Gasteiger partial charge in [0.2, 0.25) is 5.91 Å².